The van der Waals surface area contributed by atoms with Gasteiger partial charge in [0.25, 0.3) is 0 Å². The molecule has 0 spiro atoms. The minimum atomic E-state index is -0.808. The van der Waals surface area contributed by atoms with Crippen LogP contribution in [-0.4, -0.2) is 12.6 Å². The van der Waals surface area contributed by atoms with Crippen molar-refractivity contribution >= 4 is 23.1 Å². The first-order valence-corrected chi connectivity index (χ1v) is 10.5. The predicted octanol–water partition coefficient (Wildman–Crippen LogP) is 7.28. The zero-order valence-corrected chi connectivity index (χ0v) is 18.6. The minimum absolute atomic E-state index is 0.0730. The van der Waals surface area contributed by atoms with E-state index in [4.69, 9.17) is 9.47 Å². The first-order valence-electron chi connectivity index (χ1n) is 10.5. The molecule has 3 aromatic carbocycles. The molecule has 3 aromatic rings. The van der Waals surface area contributed by atoms with Crippen molar-refractivity contribution in [3.8, 4) is 22.6 Å². The zero-order valence-electron chi connectivity index (χ0n) is 18.6. The number of hydrogen-bond donors (Lipinski definition) is 1. The minimum Gasteiger partial charge on any atom is -0.496 e. The maximum atomic E-state index is 14.8. The van der Waals surface area contributed by atoms with E-state index in [9.17, 15) is 13.2 Å². The number of hydrogen-bond acceptors (Lipinski definition) is 3. The number of methoxy groups -OCH3 is 1. The van der Waals surface area contributed by atoms with Gasteiger partial charge in [0, 0.05) is 34.0 Å². The van der Waals surface area contributed by atoms with Crippen molar-refractivity contribution < 1.29 is 22.6 Å². The van der Waals surface area contributed by atoms with Crippen molar-refractivity contribution in [2.24, 2.45) is 0 Å². The Morgan fingerprint density at radius 2 is 1.73 bits per heavy atom. The molecule has 0 aliphatic carbocycles. The summed E-state index contributed by atoms with van der Waals surface area (Å²) < 4.78 is 54.4. The number of anilines is 1. The smallest absolute Gasteiger partial charge is 0.171 e. The van der Waals surface area contributed by atoms with Gasteiger partial charge in [-0.3, -0.25) is 0 Å². The van der Waals surface area contributed by atoms with E-state index in [0.29, 0.717) is 33.8 Å². The maximum absolute atomic E-state index is 14.8. The van der Waals surface area contributed by atoms with Crippen LogP contribution in [0.4, 0.5) is 18.9 Å². The summed E-state index contributed by atoms with van der Waals surface area (Å²) in [5.74, 6) is -1.26. The molecule has 0 unspecified atom stereocenters. The van der Waals surface area contributed by atoms with Crippen LogP contribution in [0.2, 0.25) is 0 Å². The Hall–Kier alpha value is -3.67. The third-order valence-electron chi connectivity index (χ3n) is 5.87. The highest BCUT2D eigenvalue weighted by molar-refractivity contribution is 6.00. The Morgan fingerprint density at radius 1 is 0.939 bits per heavy atom. The molecule has 0 bridgehead atoms. The van der Waals surface area contributed by atoms with Crippen LogP contribution in [0.1, 0.15) is 37.5 Å². The van der Waals surface area contributed by atoms with Gasteiger partial charge in [-0.2, -0.15) is 0 Å². The Kier molecular flexibility index (Phi) is 4.78. The van der Waals surface area contributed by atoms with Crippen LogP contribution < -0.4 is 14.8 Å². The lowest BCUT2D eigenvalue weighted by molar-refractivity contribution is 0.412. The first kappa shape index (κ1) is 21.2. The molecule has 1 N–H and O–H groups in total. The number of rotatable bonds is 2. The summed E-state index contributed by atoms with van der Waals surface area (Å²) in [5, 5.41) is 3.49. The fourth-order valence-electron chi connectivity index (χ4n) is 4.68. The topological polar surface area (TPSA) is 30.5 Å². The van der Waals surface area contributed by atoms with Crippen LogP contribution >= 0.6 is 0 Å². The van der Waals surface area contributed by atoms with Crippen LogP contribution in [0.15, 0.2) is 48.5 Å². The van der Waals surface area contributed by atoms with E-state index in [-0.39, 0.29) is 11.3 Å². The van der Waals surface area contributed by atoms with E-state index in [2.05, 4.69) is 25.2 Å². The standard InChI is InChI=1S/C27H22F3NO2/c1-14-13-27(2,3)31-21-7-6-18-19-11-17(29)12-20(30)26(19)33-23(25(18)24(14)21)10-15-9-16(28)5-8-22(15)32-4/h5-13,31H,1-4H3/b23-10-. The number of ether oxygens (including phenoxy) is 2. The van der Waals surface area contributed by atoms with Gasteiger partial charge in [-0.05, 0) is 68.3 Å². The van der Waals surface area contributed by atoms with Crippen molar-refractivity contribution in [1.82, 2.24) is 0 Å². The van der Waals surface area contributed by atoms with Crippen LogP contribution in [-0.2, 0) is 0 Å². The Labute approximate surface area is 190 Å². The highest BCUT2D eigenvalue weighted by Gasteiger charge is 2.32. The second-order valence-corrected chi connectivity index (χ2v) is 8.85. The van der Waals surface area contributed by atoms with Gasteiger partial charge in [0.2, 0.25) is 0 Å². The van der Waals surface area contributed by atoms with Crippen LogP contribution in [0.3, 0.4) is 0 Å². The van der Waals surface area contributed by atoms with Gasteiger partial charge in [0.05, 0.1) is 12.6 Å². The molecule has 0 fully saturated rings. The Balaban J connectivity index is 1.84. The highest BCUT2D eigenvalue weighted by atomic mass is 19.1. The molecule has 5 rings (SSSR count). The van der Waals surface area contributed by atoms with Crippen LogP contribution in [0, 0.1) is 17.5 Å². The number of benzene rings is 3. The first-order chi connectivity index (χ1) is 15.7. The lowest BCUT2D eigenvalue weighted by Crippen LogP contribution is -2.32. The molecule has 2 aliphatic rings. The molecule has 0 saturated heterocycles. The van der Waals surface area contributed by atoms with Crippen molar-refractivity contribution in [3.05, 3.63) is 82.7 Å². The normalized spacial score (nSPS) is 16.7. The van der Waals surface area contributed by atoms with Crippen LogP contribution in [0.25, 0.3) is 28.5 Å². The van der Waals surface area contributed by atoms with E-state index >= 15 is 0 Å². The maximum Gasteiger partial charge on any atom is 0.171 e. The van der Waals surface area contributed by atoms with Crippen LogP contribution in [0.5, 0.6) is 11.5 Å². The predicted molar refractivity (Wildman–Crippen MR) is 125 cm³/mol. The average Bonchev–Trinajstić information content (AvgIpc) is 2.73. The quantitative estimate of drug-likeness (QED) is 0.446. The molecule has 0 aromatic heterocycles. The summed E-state index contributed by atoms with van der Waals surface area (Å²) in [6.45, 7) is 6.11. The SMILES string of the molecule is COc1ccc(F)cc1/C=C1\Oc2c(F)cc(F)cc2-c2ccc3c(c21)C(C)=CC(C)(C)N3. The summed E-state index contributed by atoms with van der Waals surface area (Å²) in [4.78, 5) is 0. The van der Waals surface area contributed by atoms with Gasteiger partial charge < -0.3 is 14.8 Å². The monoisotopic (exact) mass is 449 g/mol. The summed E-state index contributed by atoms with van der Waals surface area (Å²) in [7, 11) is 1.49. The molecule has 168 valence electrons. The van der Waals surface area contributed by atoms with Gasteiger partial charge in [-0.25, -0.2) is 13.2 Å². The molecule has 6 heteroatoms. The van der Waals surface area contributed by atoms with Crippen molar-refractivity contribution in [3.63, 3.8) is 0 Å². The number of allylic oxidation sites excluding steroid dienone is 1. The molecule has 0 amide bonds. The molecule has 2 aliphatic heterocycles. The molecule has 2 heterocycles. The van der Waals surface area contributed by atoms with Crippen molar-refractivity contribution in [1.29, 1.82) is 0 Å². The van der Waals surface area contributed by atoms with Gasteiger partial charge in [0.15, 0.2) is 11.6 Å². The van der Waals surface area contributed by atoms with E-state index in [1.807, 2.05) is 19.1 Å². The molecule has 0 radical (unpaired) electrons. The fraction of sp³-hybridized carbons (Fsp3) is 0.185. The number of nitrogens with one attached hydrogen (secondary N) is 1. The van der Waals surface area contributed by atoms with E-state index in [1.54, 1.807) is 6.08 Å². The second kappa shape index (κ2) is 7.44. The fourth-order valence-corrected chi connectivity index (χ4v) is 4.68. The summed E-state index contributed by atoms with van der Waals surface area (Å²) in [5.41, 5.74) is 4.53. The Bertz CT molecular complexity index is 1370. The number of halogens is 3. The summed E-state index contributed by atoms with van der Waals surface area (Å²) in [6, 6.07) is 9.93. The summed E-state index contributed by atoms with van der Waals surface area (Å²) >= 11 is 0. The number of fused-ring (bicyclic) bond motifs is 5. The second-order valence-electron chi connectivity index (χ2n) is 8.85. The van der Waals surface area contributed by atoms with Gasteiger partial charge >= 0.3 is 0 Å². The molecule has 33 heavy (non-hydrogen) atoms. The summed E-state index contributed by atoms with van der Waals surface area (Å²) in [6.07, 6.45) is 3.72. The molecule has 0 saturated carbocycles. The molecule has 0 atom stereocenters. The van der Waals surface area contributed by atoms with Crippen molar-refractivity contribution in [2.75, 3.05) is 12.4 Å². The van der Waals surface area contributed by atoms with Gasteiger partial charge in [-0.15, -0.1) is 0 Å². The molecular formula is C27H22F3NO2. The lowest BCUT2D eigenvalue weighted by atomic mass is 9.83. The van der Waals surface area contributed by atoms with Gasteiger partial charge in [0.1, 0.15) is 23.1 Å². The molecular weight excluding hydrogens is 427 g/mol. The Morgan fingerprint density at radius 3 is 2.48 bits per heavy atom. The third kappa shape index (κ3) is 3.55. The highest BCUT2D eigenvalue weighted by Crippen LogP contribution is 2.50. The van der Waals surface area contributed by atoms with E-state index in [1.165, 1.54) is 31.4 Å². The van der Waals surface area contributed by atoms with E-state index in [0.717, 1.165) is 22.9 Å². The molecule has 3 nitrogen and oxygen atoms in total. The largest absolute Gasteiger partial charge is 0.496 e. The third-order valence-corrected chi connectivity index (χ3v) is 5.87. The van der Waals surface area contributed by atoms with Gasteiger partial charge in [-0.1, -0.05) is 12.1 Å². The average molecular weight is 449 g/mol. The van der Waals surface area contributed by atoms with E-state index < -0.39 is 17.5 Å². The van der Waals surface area contributed by atoms with Crippen molar-refractivity contribution in [2.45, 2.75) is 26.3 Å². The zero-order chi connectivity index (χ0) is 23.5. The lowest BCUT2D eigenvalue weighted by Gasteiger charge is -2.35.